The van der Waals surface area contributed by atoms with Crippen LogP contribution in [-0.4, -0.2) is 59.3 Å². The van der Waals surface area contributed by atoms with Gasteiger partial charge in [0.15, 0.2) is 5.84 Å². The van der Waals surface area contributed by atoms with Gasteiger partial charge in [0.25, 0.3) is 0 Å². The normalized spacial score (nSPS) is 15.8. The number of rotatable bonds is 5. The van der Waals surface area contributed by atoms with Crippen molar-refractivity contribution in [3.05, 3.63) is 72.6 Å². The van der Waals surface area contributed by atoms with Crippen LogP contribution in [-0.2, 0) is 7.05 Å². The second-order valence-corrected chi connectivity index (χ2v) is 8.10. The molecule has 12 nitrogen and oxygen atoms in total. The second kappa shape index (κ2) is 9.07. The number of anilines is 2. The number of hydrogen-bond donors (Lipinski definition) is 2. The van der Waals surface area contributed by atoms with Crippen LogP contribution in [0.1, 0.15) is 5.69 Å². The zero-order valence-electron chi connectivity index (χ0n) is 20.2. The van der Waals surface area contributed by atoms with Crippen LogP contribution >= 0.6 is 0 Å². The minimum atomic E-state index is 0.317. The van der Waals surface area contributed by atoms with Crippen molar-refractivity contribution in [1.29, 1.82) is 0 Å². The number of nitrogens with one attached hydrogen (secondary N) is 2. The van der Waals surface area contributed by atoms with E-state index < -0.39 is 0 Å². The molecule has 6 rings (SSSR count). The first-order chi connectivity index (χ1) is 18.1. The van der Waals surface area contributed by atoms with Gasteiger partial charge in [0.2, 0.25) is 29.8 Å². The third-order valence-corrected chi connectivity index (χ3v) is 5.66. The van der Waals surface area contributed by atoms with Crippen molar-refractivity contribution in [2.24, 2.45) is 37.0 Å². The van der Waals surface area contributed by atoms with Crippen LogP contribution in [0.3, 0.4) is 0 Å². The van der Waals surface area contributed by atoms with E-state index in [4.69, 9.17) is 19.5 Å². The molecule has 4 heterocycles. The average Bonchev–Trinajstić information content (AvgIpc) is 3.34. The summed E-state index contributed by atoms with van der Waals surface area (Å²) in [6, 6.07) is 18.8. The first kappa shape index (κ1) is 22.2. The number of guanidine groups is 5. The predicted octanol–water partition coefficient (Wildman–Crippen LogP) is 3.14. The maximum atomic E-state index is 5.33. The molecule has 0 spiro atoms. The van der Waals surface area contributed by atoms with Gasteiger partial charge in [-0.15, -0.1) is 0 Å². The lowest BCUT2D eigenvalue weighted by atomic mass is 10.3. The van der Waals surface area contributed by atoms with E-state index in [2.05, 4.69) is 30.6 Å². The highest BCUT2D eigenvalue weighted by molar-refractivity contribution is 6.32. The summed E-state index contributed by atoms with van der Waals surface area (Å²) in [5, 5.41) is 6.43. The molecule has 37 heavy (non-hydrogen) atoms. The van der Waals surface area contributed by atoms with Gasteiger partial charge in [-0.3, -0.25) is 0 Å². The van der Waals surface area contributed by atoms with Gasteiger partial charge in [0, 0.05) is 36.8 Å². The number of aromatic nitrogens is 1. The van der Waals surface area contributed by atoms with E-state index in [1.165, 1.54) is 0 Å². The summed E-state index contributed by atoms with van der Waals surface area (Å²) in [4.78, 5) is 29.5. The lowest BCUT2D eigenvalue weighted by Crippen LogP contribution is -2.49. The Hall–Kier alpha value is -5.26. The molecule has 1 aromatic heterocycles. The third kappa shape index (κ3) is 4.31. The van der Waals surface area contributed by atoms with Gasteiger partial charge in [-0.2, -0.15) is 30.0 Å². The molecule has 0 atom stereocenters. The summed E-state index contributed by atoms with van der Waals surface area (Å²) in [7, 11) is 5.16. The van der Waals surface area contributed by atoms with E-state index in [-0.39, 0.29) is 0 Å². The van der Waals surface area contributed by atoms with Crippen LogP contribution in [0.5, 0.6) is 11.5 Å². The first-order valence-electron chi connectivity index (χ1n) is 11.4. The number of methoxy groups -OCH3 is 2. The fourth-order valence-electron chi connectivity index (χ4n) is 3.87. The summed E-state index contributed by atoms with van der Waals surface area (Å²) in [6.07, 6.45) is 1.93. The van der Waals surface area contributed by atoms with Crippen molar-refractivity contribution in [3.8, 4) is 11.5 Å². The average molecular weight is 495 g/mol. The van der Waals surface area contributed by atoms with Gasteiger partial charge >= 0.3 is 0 Å². The summed E-state index contributed by atoms with van der Waals surface area (Å²) < 4.78 is 12.6. The molecule has 0 bridgehead atoms. The van der Waals surface area contributed by atoms with Crippen LogP contribution < -0.4 is 20.1 Å². The predicted molar refractivity (Wildman–Crippen MR) is 144 cm³/mol. The molecule has 0 saturated carbocycles. The van der Waals surface area contributed by atoms with E-state index in [9.17, 15) is 0 Å². The van der Waals surface area contributed by atoms with E-state index in [0.29, 0.717) is 47.1 Å². The maximum absolute atomic E-state index is 5.33. The van der Waals surface area contributed by atoms with Gasteiger partial charge in [-0.05, 0) is 36.4 Å². The topological polar surface area (TPSA) is 125 Å². The number of ether oxygens (including phenoxy) is 2. The summed E-state index contributed by atoms with van der Waals surface area (Å²) in [5.41, 5.74) is 2.33. The monoisotopic (exact) mass is 494 g/mol. The molecule has 3 aromatic rings. The highest BCUT2D eigenvalue weighted by Gasteiger charge is 2.35. The van der Waals surface area contributed by atoms with Crippen molar-refractivity contribution in [3.63, 3.8) is 0 Å². The summed E-state index contributed by atoms with van der Waals surface area (Å²) >= 11 is 0. The standard InChI is InChI=1S/C25H22N10O2/c1-34-12-6-11-19(34)20-28-23-30-21(26-15-7-4-9-17(13-15)36-2)32-25-33-22(31-24(29-20)35(23)25)27-16-8-5-10-18(14-16)37-3/h4-14H,1-3H3,(H2,26,27,28,29,30,31,32,33). The Balaban J connectivity index is 1.41. The van der Waals surface area contributed by atoms with Gasteiger partial charge in [-0.1, -0.05) is 12.1 Å². The van der Waals surface area contributed by atoms with Gasteiger partial charge in [0.05, 0.1) is 19.9 Å². The van der Waals surface area contributed by atoms with Crippen LogP contribution in [0.15, 0.2) is 96.8 Å². The van der Waals surface area contributed by atoms with Crippen LogP contribution in [0, 0.1) is 0 Å². The van der Waals surface area contributed by atoms with E-state index in [1.807, 2.05) is 78.5 Å². The summed E-state index contributed by atoms with van der Waals surface area (Å²) in [6.45, 7) is 0. The molecule has 3 aliphatic rings. The third-order valence-electron chi connectivity index (χ3n) is 5.66. The van der Waals surface area contributed by atoms with E-state index in [1.54, 1.807) is 19.1 Å². The second-order valence-electron chi connectivity index (χ2n) is 8.10. The van der Waals surface area contributed by atoms with Crippen LogP contribution in [0.25, 0.3) is 0 Å². The molecule has 0 unspecified atom stereocenters. The molecule has 2 N–H and O–H groups in total. The van der Waals surface area contributed by atoms with Crippen molar-refractivity contribution in [1.82, 2.24) is 9.47 Å². The van der Waals surface area contributed by atoms with E-state index >= 15 is 0 Å². The van der Waals surface area contributed by atoms with Crippen molar-refractivity contribution in [2.75, 3.05) is 24.9 Å². The highest BCUT2D eigenvalue weighted by Crippen LogP contribution is 2.23. The molecule has 0 amide bonds. The van der Waals surface area contributed by atoms with Crippen molar-refractivity contribution in [2.45, 2.75) is 0 Å². The number of hydrogen-bond acceptors (Lipinski definition) is 11. The lowest BCUT2D eigenvalue weighted by molar-refractivity contribution is 0.415. The molecule has 0 radical (unpaired) electrons. The summed E-state index contributed by atoms with van der Waals surface area (Å²) in [5.74, 6) is 3.55. The molecule has 2 aromatic carbocycles. The number of nitrogens with zero attached hydrogens (tertiary/aromatic N) is 8. The Kier molecular flexibility index (Phi) is 5.45. The van der Waals surface area contributed by atoms with Gasteiger partial charge in [-0.25, -0.2) is 4.90 Å². The molecule has 0 saturated heterocycles. The highest BCUT2D eigenvalue weighted by atomic mass is 16.5. The Morgan fingerprint density at radius 2 is 1.22 bits per heavy atom. The van der Waals surface area contributed by atoms with Crippen LogP contribution in [0.4, 0.5) is 11.4 Å². The molecule has 12 heteroatoms. The largest absolute Gasteiger partial charge is 0.497 e. The fraction of sp³-hybridized carbons (Fsp3) is 0.120. The minimum absolute atomic E-state index is 0.317. The first-order valence-corrected chi connectivity index (χ1v) is 11.4. The van der Waals surface area contributed by atoms with Crippen molar-refractivity contribution >= 4 is 47.0 Å². The fourth-order valence-corrected chi connectivity index (χ4v) is 3.87. The number of aliphatic imine (C=N–C) groups is 6. The van der Waals surface area contributed by atoms with Crippen molar-refractivity contribution < 1.29 is 9.47 Å². The minimum Gasteiger partial charge on any atom is -0.497 e. The Bertz CT molecular complexity index is 1530. The molecule has 3 aliphatic heterocycles. The number of aryl methyl sites for hydroxylation is 1. The molecule has 0 aliphatic carbocycles. The van der Waals surface area contributed by atoms with E-state index in [0.717, 1.165) is 17.1 Å². The SMILES string of the molecule is COc1cccc(NC2=NC3=NC(Nc4cccc(OC)c4)=NC4=NC(c5cccn5C)=NC(=N2)N34)c1. The molecule has 0 fully saturated rings. The smallest absolute Gasteiger partial charge is 0.246 e. The molecular formula is C25H22N10O2. The number of benzene rings is 2. The molecule has 184 valence electrons. The maximum Gasteiger partial charge on any atom is 0.246 e. The lowest BCUT2D eigenvalue weighted by Gasteiger charge is -2.30. The zero-order valence-corrected chi connectivity index (χ0v) is 20.2. The Morgan fingerprint density at radius 1 is 0.649 bits per heavy atom. The Labute approximate surface area is 212 Å². The van der Waals surface area contributed by atoms with Crippen LogP contribution in [0.2, 0.25) is 0 Å². The van der Waals surface area contributed by atoms with Gasteiger partial charge in [0.1, 0.15) is 11.5 Å². The molecular weight excluding hydrogens is 472 g/mol. The Morgan fingerprint density at radius 3 is 1.76 bits per heavy atom. The number of amidine groups is 1. The quantitative estimate of drug-likeness (QED) is 0.564. The zero-order chi connectivity index (χ0) is 25.4. The van der Waals surface area contributed by atoms with Gasteiger partial charge < -0.3 is 24.7 Å².